The summed E-state index contributed by atoms with van der Waals surface area (Å²) in [4.78, 5) is 4.05. The SMILES string of the molecule is CC(C)CCC(O)c1cnn2ccncc12. The van der Waals surface area contributed by atoms with Crippen molar-refractivity contribution in [3.63, 3.8) is 0 Å². The number of aliphatic hydroxyl groups is 1. The molecule has 0 radical (unpaired) electrons. The number of nitrogens with zero attached hydrogens (tertiary/aromatic N) is 3. The van der Waals surface area contributed by atoms with E-state index in [2.05, 4.69) is 23.9 Å². The summed E-state index contributed by atoms with van der Waals surface area (Å²) in [6.45, 7) is 4.31. The Kier molecular flexibility index (Phi) is 3.19. The van der Waals surface area contributed by atoms with Crippen LogP contribution in [0.5, 0.6) is 0 Å². The van der Waals surface area contributed by atoms with Crippen LogP contribution in [0, 0.1) is 5.92 Å². The second-order valence-corrected chi connectivity index (χ2v) is 4.49. The van der Waals surface area contributed by atoms with Gasteiger partial charge in [-0.3, -0.25) is 4.98 Å². The van der Waals surface area contributed by atoms with Gasteiger partial charge in [0.1, 0.15) is 0 Å². The van der Waals surface area contributed by atoms with Crippen molar-refractivity contribution >= 4 is 5.52 Å². The van der Waals surface area contributed by atoms with E-state index in [-0.39, 0.29) is 0 Å². The quantitative estimate of drug-likeness (QED) is 0.857. The molecule has 2 rings (SSSR count). The summed E-state index contributed by atoms with van der Waals surface area (Å²) in [5, 5.41) is 14.3. The van der Waals surface area contributed by atoms with Gasteiger partial charge in [0.05, 0.1) is 24.0 Å². The fraction of sp³-hybridized carbons (Fsp3) is 0.500. The number of hydrogen-bond donors (Lipinski definition) is 1. The molecule has 4 heteroatoms. The first-order valence-corrected chi connectivity index (χ1v) is 5.64. The van der Waals surface area contributed by atoms with Crippen LogP contribution in [0.1, 0.15) is 38.4 Å². The summed E-state index contributed by atoms with van der Waals surface area (Å²) < 4.78 is 1.74. The van der Waals surface area contributed by atoms with Crippen LogP contribution in [-0.2, 0) is 0 Å². The highest BCUT2D eigenvalue weighted by Crippen LogP contribution is 2.23. The molecule has 86 valence electrons. The molecule has 1 atom stereocenters. The van der Waals surface area contributed by atoms with E-state index in [1.807, 2.05) is 0 Å². The van der Waals surface area contributed by atoms with Gasteiger partial charge in [0.15, 0.2) is 0 Å². The third-order valence-electron chi connectivity index (χ3n) is 2.73. The van der Waals surface area contributed by atoms with Gasteiger partial charge in [-0.1, -0.05) is 13.8 Å². The van der Waals surface area contributed by atoms with Crippen molar-refractivity contribution in [1.29, 1.82) is 0 Å². The van der Waals surface area contributed by atoms with Gasteiger partial charge < -0.3 is 5.11 Å². The van der Waals surface area contributed by atoms with E-state index in [1.54, 1.807) is 29.3 Å². The molecular weight excluding hydrogens is 202 g/mol. The van der Waals surface area contributed by atoms with Crippen molar-refractivity contribution < 1.29 is 5.11 Å². The van der Waals surface area contributed by atoms with Crippen molar-refractivity contribution in [2.45, 2.75) is 32.8 Å². The standard InChI is InChI=1S/C12H17N3O/c1-9(2)3-4-12(16)10-7-14-15-6-5-13-8-11(10)15/h5-9,12,16H,3-4H2,1-2H3. The van der Waals surface area contributed by atoms with E-state index >= 15 is 0 Å². The monoisotopic (exact) mass is 219 g/mol. The highest BCUT2D eigenvalue weighted by molar-refractivity contribution is 5.52. The molecule has 0 fully saturated rings. The average Bonchev–Trinajstić information content (AvgIpc) is 2.69. The predicted octanol–water partition coefficient (Wildman–Crippen LogP) is 2.20. The minimum atomic E-state index is -0.441. The fourth-order valence-electron chi connectivity index (χ4n) is 1.76. The number of aromatic nitrogens is 3. The molecular formula is C12H17N3O. The highest BCUT2D eigenvalue weighted by atomic mass is 16.3. The Morgan fingerprint density at radius 2 is 2.12 bits per heavy atom. The van der Waals surface area contributed by atoms with E-state index in [9.17, 15) is 5.11 Å². The number of fused-ring (bicyclic) bond motifs is 1. The molecule has 0 amide bonds. The first-order chi connectivity index (χ1) is 7.68. The van der Waals surface area contributed by atoms with Crippen LogP contribution >= 0.6 is 0 Å². The van der Waals surface area contributed by atoms with Gasteiger partial charge in [-0.2, -0.15) is 5.10 Å². The van der Waals surface area contributed by atoms with E-state index < -0.39 is 6.10 Å². The van der Waals surface area contributed by atoms with E-state index in [4.69, 9.17) is 0 Å². The lowest BCUT2D eigenvalue weighted by Gasteiger charge is -2.10. The van der Waals surface area contributed by atoms with Gasteiger partial charge in [-0.25, -0.2) is 4.52 Å². The van der Waals surface area contributed by atoms with Crippen LogP contribution < -0.4 is 0 Å². The molecule has 1 N–H and O–H groups in total. The minimum absolute atomic E-state index is 0.441. The zero-order valence-electron chi connectivity index (χ0n) is 9.67. The molecule has 0 bridgehead atoms. The summed E-state index contributed by atoms with van der Waals surface area (Å²) >= 11 is 0. The Hall–Kier alpha value is -1.42. The lowest BCUT2D eigenvalue weighted by molar-refractivity contribution is 0.160. The lowest BCUT2D eigenvalue weighted by Crippen LogP contribution is -1.99. The number of aliphatic hydroxyl groups excluding tert-OH is 1. The van der Waals surface area contributed by atoms with Crippen molar-refractivity contribution in [2.75, 3.05) is 0 Å². The van der Waals surface area contributed by atoms with Gasteiger partial charge in [0, 0.05) is 18.0 Å². The van der Waals surface area contributed by atoms with Crippen LogP contribution in [0.3, 0.4) is 0 Å². The van der Waals surface area contributed by atoms with Crippen molar-refractivity contribution in [2.24, 2.45) is 5.92 Å². The molecule has 0 aliphatic rings. The first kappa shape index (κ1) is 11.1. The van der Waals surface area contributed by atoms with Crippen LogP contribution in [-0.4, -0.2) is 19.7 Å². The molecule has 4 nitrogen and oxygen atoms in total. The van der Waals surface area contributed by atoms with Gasteiger partial charge in [0.25, 0.3) is 0 Å². The molecule has 0 saturated heterocycles. The zero-order chi connectivity index (χ0) is 11.5. The molecule has 2 heterocycles. The van der Waals surface area contributed by atoms with E-state index in [1.165, 1.54) is 0 Å². The summed E-state index contributed by atoms with van der Waals surface area (Å²) in [6.07, 6.45) is 8.28. The second kappa shape index (κ2) is 4.61. The predicted molar refractivity (Wildman–Crippen MR) is 62.0 cm³/mol. The fourth-order valence-corrected chi connectivity index (χ4v) is 1.76. The smallest absolute Gasteiger partial charge is 0.0902 e. The van der Waals surface area contributed by atoms with E-state index in [0.29, 0.717) is 5.92 Å². The van der Waals surface area contributed by atoms with Crippen LogP contribution in [0.4, 0.5) is 0 Å². The third kappa shape index (κ3) is 2.22. The number of hydrogen-bond acceptors (Lipinski definition) is 3. The normalized spacial score (nSPS) is 13.5. The Morgan fingerprint density at radius 1 is 1.31 bits per heavy atom. The van der Waals surface area contributed by atoms with Crippen LogP contribution in [0.2, 0.25) is 0 Å². The molecule has 16 heavy (non-hydrogen) atoms. The molecule has 0 aliphatic carbocycles. The summed E-state index contributed by atoms with van der Waals surface area (Å²) in [7, 11) is 0. The van der Waals surface area contributed by atoms with Gasteiger partial charge in [0.2, 0.25) is 0 Å². The molecule has 2 aromatic rings. The minimum Gasteiger partial charge on any atom is -0.388 e. The summed E-state index contributed by atoms with van der Waals surface area (Å²) in [6, 6.07) is 0. The maximum absolute atomic E-state index is 10.1. The van der Waals surface area contributed by atoms with E-state index in [0.717, 1.165) is 23.9 Å². The second-order valence-electron chi connectivity index (χ2n) is 4.49. The molecule has 0 aliphatic heterocycles. The average molecular weight is 219 g/mol. The first-order valence-electron chi connectivity index (χ1n) is 5.64. The summed E-state index contributed by atoms with van der Waals surface area (Å²) in [5.41, 5.74) is 1.76. The van der Waals surface area contributed by atoms with Crippen molar-refractivity contribution in [3.05, 3.63) is 30.4 Å². The Bertz CT molecular complexity index is 464. The topological polar surface area (TPSA) is 50.4 Å². The molecule has 0 saturated carbocycles. The van der Waals surface area contributed by atoms with Gasteiger partial charge in [-0.05, 0) is 18.8 Å². The molecule has 1 unspecified atom stereocenters. The maximum Gasteiger partial charge on any atom is 0.0902 e. The Labute approximate surface area is 94.9 Å². The third-order valence-corrected chi connectivity index (χ3v) is 2.73. The Balaban J connectivity index is 2.19. The lowest BCUT2D eigenvalue weighted by atomic mass is 10.0. The number of rotatable bonds is 4. The van der Waals surface area contributed by atoms with Crippen molar-refractivity contribution in [3.8, 4) is 0 Å². The Morgan fingerprint density at radius 3 is 2.88 bits per heavy atom. The summed E-state index contributed by atoms with van der Waals surface area (Å²) in [5.74, 6) is 0.606. The highest BCUT2D eigenvalue weighted by Gasteiger charge is 2.13. The molecule has 2 aromatic heterocycles. The van der Waals surface area contributed by atoms with Crippen molar-refractivity contribution in [1.82, 2.24) is 14.6 Å². The van der Waals surface area contributed by atoms with Gasteiger partial charge in [-0.15, -0.1) is 0 Å². The maximum atomic E-state index is 10.1. The van der Waals surface area contributed by atoms with Crippen LogP contribution in [0.15, 0.2) is 24.8 Å². The molecule has 0 aromatic carbocycles. The van der Waals surface area contributed by atoms with Crippen LogP contribution in [0.25, 0.3) is 5.52 Å². The zero-order valence-corrected chi connectivity index (χ0v) is 9.67. The largest absolute Gasteiger partial charge is 0.388 e. The molecule has 0 spiro atoms. The van der Waals surface area contributed by atoms with Gasteiger partial charge >= 0.3 is 0 Å².